The van der Waals surface area contributed by atoms with Crippen LogP contribution in [0.5, 0.6) is 0 Å². The first kappa shape index (κ1) is 16.9. The molecule has 0 heterocycles. The molecule has 6 heteroatoms. The molecule has 0 saturated carbocycles. The van der Waals surface area contributed by atoms with Crippen molar-refractivity contribution in [2.75, 3.05) is 26.9 Å². The van der Waals surface area contributed by atoms with E-state index in [-0.39, 0.29) is 18.5 Å². The van der Waals surface area contributed by atoms with Crippen molar-refractivity contribution in [1.82, 2.24) is 4.90 Å². The summed E-state index contributed by atoms with van der Waals surface area (Å²) in [5.74, 6) is -0.673. The highest BCUT2D eigenvalue weighted by Gasteiger charge is 2.25. The molecule has 0 radical (unpaired) electrons. The number of methoxy groups -OCH3 is 1. The Balaban J connectivity index is 4.48. The lowest BCUT2D eigenvalue weighted by molar-refractivity contribution is -0.150. The predicted molar refractivity (Wildman–Crippen MR) is 68.0 cm³/mol. The van der Waals surface area contributed by atoms with E-state index >= 15 is 0 Å². The van der Waals surface area contributed by atoms with Crippen LogP contribution in [0.3, 0.4) is 0 Å². The molecule has 0 aliphatic rings. The van der Waals surface area contributed by atoms with E-state index in [0.717, 1.165) is 0 Å². The second kappa shape index (κ2) is 8.88. The van der Waals surface area contributed by atoms with Crippen LogP contribution in [-0.4, -0.2) is 55.7 Å². The van der Waals surface area contributed by atoms with Gasteiger partial charge in [-0.2, -0.15) is 0 Å². The molecular weight excluding hydrogens is 236 g/mol. The van der Waals surface area contributed by atoms with E-state index in [2.05, 4.69) is 0 Å². The first-order chi connectivity index (χ1) is 8.43. The number of amides is 1. The molecule has 0 spiro atoms. The third kappa shape index (κ3) is 5.97. The number of hydrogen-bond donors (Lipinski definition) is 1. The smallest absolute Gasteiger partial charge is 0.325 e. The van der Waals surface area contributed by atoms with Gasteiger partial charge in [0.1, 0.15) is 6.54 Å². The lowest BCUT2D eigenvalue weighted by atomic mass is 10.1. The lowest BCUT2D eigenvalue weighted by Crippen LogP contribution is -2.49. The SMILES string of the molecule is CCOC(=O)CN(C(=O)C(N)CCOC)C(C)C. The van der Waals surface area contributed by atoms with Crippen molar-refractivity contribution in [2.45, 2.75) is 39.3 Å². The van der Waals surface area contributed by atoms with Crippen LogP contribution >= 0.6 is 0 Å². The third-order valence-corrected chi connectivity index (χ3v) is 2.46. The van der Waals surface area contributed by atoms with Crippen molar-refractivity contribution in [2.24, 2.45) is 5.73 Å². The number of carbonyl (C=O) groups excluding carboxylic acids is 2. The quantitative estimate of drug-likeness (QED) is 0.628. The zero-order valence-electron chi connectivity index (χ0n) is 11.6. The van der Waals surface area contributed by atoms with E-state index < -0.39 is 12.0 Å². The van der Waals surface area contributed by atoms with Crippen LogP contribution in [-0.2, 0) is 19.1 Å². The van der Waals surface area contributed by atoms with Gasteiger partial charge in [-0.1, -0.05) is 0 Å². The number of ether oxygens (including phenoxy) is 2. The van der Waals surface area contributed by atoms with Crippen molar-refractivity contribution in [3.05, 3.63) is 0 Å². The Kier molecular flexibility index (Phi) is 8.32. The maximum absolute atomic E-state index is 12.1. The molecule has 1 atom stereocenters. The summed E-state index contributed by atoms with van der Waals surface area (Å²) in [5.41, 5.74) is 5.77. The molecule has 0 aromatic carbocycles. The van der Waals surface area contributed by atoms with Crippen LogP contribution in [0.4, 0.5) is 0 Å². The maximum atomic E-state index is 12.1. The van der Waals surface area contributed by atoms with Gasteiger partial charge in [0.05, 0.1) is 12.6 Å². The van der Waals surface area contributed by atoms with Crippen LogP contribution in [0.15, 0.2) is 0 Å². The minimum Gasteiger partial charge on any atom is -0.465 e. The van der Waals surface area contributed by atoms with Crippen molar-refractivity contribution >= 4 is 11.9 Å². The summed E-state index contributed by atoms with van der Waals surface area (Å²) in [4.78, 5) is 24.9. The minimum atomic E-state index is -0.651. The van der Waals surface area contributed by atoms with E-state index in [9.17, 15) is 9.59 Å². The standard InChI is InChI=1S/C12H24N2O4/c1-5-18-11(15)8-14(9(2)3)12(16)10(13)6-7-17-4/h9-10H,5-8,13H2,1-4H3. The highest BCUT2D eigenvalue weighted by Crippen LogP contribution is 2.04. The van der Waals surface area contributed by atoms with Gasteiger partial charge in [0, 0.05) is 19.8 Å². The Morgan fingerprint density at radius 2 is 1.94 bits per heavy atom. The molecule has 0 aromatic rings. The molecule has 0 aromatic heterocycles. The van der Waals surface area contributed by atoms with Crippen molar-refractivity contribution in [3.8, 4) is 0 Å². The molecule has 1 amide bonds. The van der Waals surface area contributed by atoms with Crippen LogP contribution in [0, 0.1) is 0 Å². The second-order valence-electron chi connectivity index (χ2n) is 4.25. The van der Waals surface area contributed by atoms with Gasteiger partial charge in [-0.15, -0.1) is 0 Å². The fraction of sp³-hybridized carbons (Fsp3) is 0.833. The van der Waals surface area contributed by atoms with E-state index in [0.29, 0.717) is 19.6 Å². The van der Waals surface area contributed by atoms with Crippen molar-refractivity contribution in [1.29, 1.82) is 0 Å². The monoisotopic (exact) mass is 260 g/mol. The van der Waals surface area contributed by atoms with Crippen LogP contribution in [0.25, 0.3) is 0 Å². The first-order valence-electron chi connectivity index (χ1n) is 6.14. The zero-order valence-corrected chi connectivity index (χ0v) is 11.6. The summed E-state index contributed by atoms with van der Waals surface area (Å²) < 4.78 is 9.72. The summed E-state index contributed by atoms with van der Waals surface area (Å²) in [7, 11) is 1.55. The molecule has 1 unspecified atom stereocenters. The van der Waals surface area contributed by atoms with Crippen LogP contribution < -0.4 is 5.73 Å². The number of hydrogen-bond acceptors (Lipinski definition) is 5. The highest BCUT2D eigenvalue weighted by molar-refractivity contribution is 5.85. The highest BCUT2D eigenvalue weighted by atomic mass is 16.5. The molecule has 0 fully saturated rings. The lowest BCUT2D eigenvalue weighted by Gasteiger charge is -2.28. The van der Waals surface area contributed by atoms with Gasteiger partial charge in [-0.3, -0.25) is 9.59 Å². The van der Waals surface area contributed by atoms with E-state index in [1.54, 1.807) is 14.0 Å². The van der Waals surface area contributed by atoms with E-state index in [1.807, 2.05) is 13.8 Å². The molecule has 0 aliphatic carbocycles. The summed E-state index contributed by atoms with van der Waals surface area (Å²) in [6.07, 6.45) is 0.432. The van der Waals surface area contributed by atoms with Gasteiger partial charge in [0.25, 0.3) is 0 Å². The van der Waals surface area contributed by atoms with E-state index in [4.69, 9.17) is 15.2 Å². The predicted octanol–water partition coefficient (Wildman–Crippen LogP) is 0.150. The molecule has 0 aliphatic heterocycles. The molecule has 6 nitrogen and oxygen atoms in total. The minimum absolute atomic E-state index is 0.0645. The van der Waals surface area contributed by atoms with Crippen LogP contribution in [0.1, 0.15) is 27.2 Å². The maximum Gasteiger partial charge on any atom is 0.325 e. The second-order valence-corrected chi connectivity index (χ2v) is 4.25. The van der Waals surface area contributed by atoms with Gasteiger partial charge in [-0.25, -0.2) is 0 Å². The molecule has 2 N–H and O–H groups in total. The Hall–Kier alpha value is -1.14. The van der Waals surface area contributed by atoms with Gasteiger partial charge >= 0.3 is 5.97 Å². The number of rotatable bonds is 8. The van der Waals surface area contributed by atoms with Crippen molar-refractivity contribution in [3.63, 3.8) is 0 Å². The Morgan fingerprint density at radius 3 is 2.39 bits per heavy atom. The topological polar surface area (TPSA) is 81.9 Å². The molecular formula is C12H24N2O4. The van der Waals surface area contributed by atoms with Gasteiger partial charge in [-0.05, 0) is 27.2 Å². The Labute approximate surface area is 108 Å². The summed E-state index contributed by atoms with van der Waals surface area (Å²) in [6.45, 7) is 6.04. The molecule has 0 rings (SSSR count). The summed E-state index contributed by atoms with van der Waals surface area (Å²) >= 11 is 0. The third-order valence-electron chi connectivity index (χ3n) is 2.46. The normalized spacial score (nSPS) is 12.3. The number of nitrogens with zero attached hydrogens (tertiary/aromatic N) is 1. The molecule has 0 bridgehead atoms. The fourth-order valence-electron chi connectivity index (χ4n) is 1.44. The average Bonchev–Trinajstić information content (AvgIpc) is 2.32. The zero-order chi connectivity index (χ0) is 14.1. The van der Waals surface area contributed by atoms with Crippen molar-refractivity contribution < 1.29 is 19.1 Å². The fourth-order valence-corrected chi connectivity index (χ4v) is 1.44. The number of carbonyl (C=O) groups is 2. The van der Waals surface area contributed by atoms with E-state index in [1.165, 1.54) is 4.90 Å². The molecule has 18 heavy (non-hydrogen) atoms. The number of nitrogens with two attached hydrogens (primary N) is 1. The number of esters is 1. The molecule has 106 valence electrons. The largest absolute Gasteiger partial charge is 0.465 e. The Morgan fingerprint density at radius 1 is 1.33 bits per heavy atom. The first-order valence-corrected chi connectivity index (χ1v) is 6.14. The summed E-state index contributed by atoms with van der Waals surface area (Å²) in [5, 5.41) is 0. The summed E-state index contributed by atoms with van der Waals surface area (Å²) in [6, 6.07) is -0.753. The Bertz CT molecular complexity index is 269. The van der Waals surface area contributed by atoms with Gasteiger partial charge < -0.3 is 20.1 Å². The van der Waals surface area contributed by atoms with Gasteiger partial charge in [0.15, 0.2) is 0 Å². The molecule has 0 saturated heterocycles. The van der Waals surface area contributed by atoms with Gasteiger partial charge in [0.2, 0.25) is 5.91 Å². The van der Waals surface area contributed by atoms with Crippen LogP contribution in [0.2, 0.25) is 0 Å². The average molecular weight is 260 g/mol.